The summed E-state index contributed by atoms with van der Waals surface area (Å²) in [5, 5.41) is 2.91. The predicted octanol–water partition coefficient (Wildman–Crippen LogP) is 2.02. The monoisotopic (exact) mass is 301 g/mol. The molecule has 2 fully saturated rings. The molecule has 0 spiro atoms. The number of benzene rings is 1. The van der Waals surface area contributed by atoms with Gasteiger partial charge in [-0.15, -0.1) is 0 Å². The Balaban J connectivity index is 1.59. The molecule has 0 bridgehead atoms. The molecule has 1 saturated heterocycles. The van der Waals surface area contributed by atoms with Crippen molar-refractivity contribution in [3.63, 3.8) is 0 Å². The van der Waals surface area contributed by atoms with Gasteiger partial charge in [-0.3, -0.25) is 9.59 Å². The van der Waals surface area contributed by atoms with Gasteiger partial charge >= 0.3 is 0 Å². The van der Waals surface area contributed by atoms with Crippen LogP contribution in [0.3, 0.4) is 0 Å². The number of nitrogens with zero attached hydrogens (tertiary/aromatic N) is 1. The van der Waals surface area contributed by atoms with Gasteiger partial charge in [-0.2, -0.15) is 0 Å². The van der Waals surface area contributed by atoms with Gasteiger partial charge in [-0.1, -0.05) is 25.0 Å². The average Bonchev–Trinajstić information content (AvgIpc) is 3.11. The van der Waals surface area contributed by atoms with E-state index in [0.29, 0.717) is 13.0 Å². The maximum atomic E-state index is 12.3. The number of amides is 2. The molecule has 1 saturated carbocycles. The molecule has 0 atom stereocenters. The summed E-state index contributed by atoms with van der Waals surface area (Å²) in [7, 11) is 0. The van der Waals surface area contributed by atoms with Crippen LogP contribution in [-0.4, -0.2) is 28.8 Å². The number of rotatable bonds is 4. The van der Waals surface area contributed by atoms with Crippen LogP contribution < -0.4 is 11.1 Å². The van der Waals surface area contributed by atoms with Gasteiger partial charge in [0.1, 0.15) is 0 Å². The van der Waals surface area contributed by atoms with Crippen LogP contribution in [0.2, 0.25) is 0 Å². The van der Waals surface area contributed by atoms with Crippen molar-refractivity contribution < 1.29 is 9.59 Å². The van der Waals surface area contributed by atoms with E-state index in [4.69, 9.17) is 5.73 Å². The van der Waals surface area contributed by atoms with Crippen molar-refractivity contribution in [1.82, 2.24) is 4.90 Å². The number of hydrogen-bond donors (Lipinski definition) is 2. The molecule has 3 N–H and O–H groups in total. The fourth-order valence-corrected chi connectivity index (χ4v) is 3.27. The van der Waals surface area contributed by atoms with Crippen molar-refractivity contribution >= 4 is 17.5 Å². The Morgan fingerprint density at radius 2 is 1.86 bits per heavy atom. The van der Waals surface area contributed by atoms with Crippen LogP contribution in [0.5, 0.6) is 0 Å². The third-order valence-electron chi connectivity index (χ3n) is 4.70. The molecule has 1 aromatic rings. The van der Waals surface area contributed by atoms with E-state index in [1.54, 1.807) is 0 Å². The van der Waals surface area contributed by atoms with Crippen molar-refractivity contribution in [3.8, 4) is 0 Å². The summed E-state index contributed by atoms with van der Waals surface area (Å²) in [6.45, 7) is 1.49. The number of carbonyl (C=O) groups excluding carboxylic acids is 2. The highest BCUT2D eigenvalue weighted by molar-refractivity contribution is 5.98. The van der Waals surface area contributed by atoms with Crippen molar-refractivity contribution in [1.29, 1.82) is 0 Å². The van der Waals surface area contributed by atoms with E-state index in [0.717, 1.165) is 49.9 Å². The highest BCUT2D eigenvalue weighted by atomic mass is 16.2. The lowest BCUT2D eigenvalue weighted by atomic mass is 9.98. The highest BCUT2D eigenvalue weighted by Crippen LogP contribution is 2.28. The van der Waals surface area contributed by atoms with Gasteiger partial charge < -0.3 is 16.0 Å². The standard InChI is InChI=1S/C17H23N3O2/c18-17(9-1-2-10-17)16(22)19-14-7-5-13(6-8-14)12-20-11-3-4-15(20)21/h5-8H,1-4,9-12,18H2,(H,19,22). The molecule has 5 nitrogen and oxygen atoms in total. The van der Waals surface area contributed by atoms with E-state index in [-0.39, 0.29) is 11.8 Å². The minimum absolute atomic E-state index is 0.0903. The second-order valence-corrected chi connectivity index (χ2v) is 6.43. The fraction of sp³-hybridized carbons (Fsp3) is 0.529. The van der Waals surface area contributed by atoms with Gasteiger partial charge in [0.25, 0.3) is 0 Å². The quantitative estimate of drug-likeness (QED) is 0.893. The maximum Gasteiger partial charge on any atom is 0.244 e. The molecule has 0 aromatic heterocycles. The van der Waals surface area contributed by atoms with E-state index in [9.17, 15) is 9.59 Å². The van der Waals surface area contributed by atoms with Crippen LogP contribution in [-0.2, 0) is 16.1 Å². The summed E-state index contributed by atoms with van der Waals surface area (Å²) in [4.78, 5) is 25.8. The number of nitrogens with one attached hydrogen (secondary N) is 1. The number of carbonyl (C=O) groups is 2. The summed E-state index contributed by atoms with van der Waals surface area (Å²) < 4.78 is 0. The van der Waals surface area contributed by atoms with Crippen LogP contribution in [0, 0.1) is 0 Å². The minimum Gasteiger partial charge on any atom is -0.338 e. The first-order chi connectivity index (χ1) is 10.6. The Hall–Kier alpha value is -1.88. The van der Waals surface area contributed by atoms with Gasteiger partial charge in [0.05, 0.1) is 5.54 Å². The van der Waals surface area contributed by atoms with Crippen molar-refractivity contribution in [3.05, 3.63) is 29.8 Å². The maximum absolute atomic E-state index is 12.3. The molecule has 0 radical (unpaired) electrons. The average molecular weight is 301 g/mol. The van der Waals surface area contributed by atoms with E-state index in [1.807, 2.05) is 29.2 Å². The molecule has 2 aliphatic rings. The van der Waals surface area contributed by atoms with Gasteiger partial charge in [0.2, 0.25) is 11.8 Å². The van der Waals surface area contributed by atoms with Crippen molar-refractivity contribution in [2.45, 2.75) is 50.6 Å². The van der Waals surface area contributed by atoms with E-state index >= 15 is 0 Å². The smallest absolute Gasteiger partial charge is 0.244 e. The zero-order valence-corrected chi connectivity index (χ0v) is 12.8. The van der Waals surface area contributed by atoms with Crippen LogP contribution in [0.15, 0.2) is 24.3 Å². The number of hydrogen-bond acceptors (Lipinski definition) is 3. The van der Waals surface area contributed by atoms with Gasteiger partial charge in [0, 0.05) is 25.2 Å². The summed E-state index contributed by atoms with van der Waals surface area (Å²) in [6, 6.07) is 7.68. The third kappa shape index (κ3) is 3.14. The largest absolute Gasteiger partial charge is 0.338 e. The van der Waals surface area contributed by atoms with Gasteiger partial charge in [-0.05, 0) is 37.0 Å². The first kappa shape index (κ1) is 15.0. The molecule has 2 amide bonds. The van der Waals surface area contributed by atoms with Crippen molar-refractivity contribution in [2.24, 2.45) is 5.73 Å². The Kier molecular flexibility index (Phi) is 4.16. The summed E-state index contributed by atoms with van der Waals surface area (Å²) in [5.74, 6) is 0.135. The highest BCUT2D eigenvalue weighted by Gasteiger charge is 2.36. The molecular weight excluding hydrogens is 278 g/mol. The van der Waals surface area contributed by atoms with E-state index in [1.165, 1.54) is 0 Å². The molecule has 5 heteroatoms. The molecule has 0 unspecified atom stereocenters. The summed E-state index contributed by atoms with van der Waals surface area (Å²) >= 11 is 0. The lowest BCUT2D eigenvalue weighted by Crippen LogP contribution is -2.48. The lowest BCUT2D eigenvalue weighted by Gasteiger charge is -2.22. The molecule has 1 aromatic carbocycles. The number of nitrogens with two attached hydrogens (primary N) is 1. The number of likely N-dealkylation sites (tertiary alicyclic amines) is 1. The topological polar surface area (TPSA) is 75.4 Å². The normalized spacial score (nSPS) is 20.4. The molecule has 118 valence electrons. The fourth-order valence-electron chi connectivity index (χ4n) is 3.27. The predicted molar refractivity (Wildman–Crippen MR) is 85.1 cm³/mol. The van der Waals surface area contributed by atoms with E-state index in [2.05, 4.69) is 5.32 Å². The first-order valence-corrected chi connectivity index (χ1v) is 8.04. The molecule has 3 rings (SSSR count). The van der Waals surface area contributed by atoms with Crippen LogP contribution in [0.1, 0.15) is 44.1 Å². The molecule has 1 aliphatic carbocycles. The van der Waals surface area contributed by atoms with Crippen molar-refractivity contribution in [2.75, 3.05) is 11.9 Å². The third-order valence-corrected chi connectivity index (χ3v) is 4.70. The summed E-state index contributed by atoms with van der Waals surface area (Å²) in [5.41, 5.74) is 7.28. The van der Waals surface area contributed by atoms with Crippen LogP contribution in [0.4, 0.5) is 5.69 Å². The first-order valence-electron chi connectivity index (χ1n) is 8.04. The second-order valence-electron chi connectivity index (χ2n) is 6.43. The van der Waals surface area contributed by atoms with Gasteiger partial charge in [0.15, 0.2) is 0 Å². The molecule has 22 heavy (non-hydrogen) atoms. The lowest BCUT2D eigenvalue weighted by molar-refractivity contribution is -0.128. The summed E-state index contributed by atoms with van der Waals surface area (Å²) in [6.07, 6.45) is 5.17. The van der Waals surface area contributed by atoms with Gasteiger partial charge in [-0.25, -0.2) is 0 Å². The Bertz CT molecular complexity index is 562. The molecule has 1 heterocycles. The second kappa shape index (κ2) is 6.08. The Labute approximate surface area is 130 Å². The Morgan fingerprint density at radius 3 is 2.45 bits per heavy atom. The number of anilines is 1. The van der Waals surface area contributed by atoms with Crippen LogP contribution in [0.25, 0.3) is 0 Å². The SMILES string of the molecule is NC1(C(=O)Nc2ccc(CN3CCCC3=O)cc2)CCCC1. The zero-order chi connectivity index (χ0) is 15.6. The molecule has 1 aliphatic heterocycles. The minimum atomic E-state index is -0.708. The Morgan fingerprint density at radius 1 is 1.18 bits per heavy atom. The molecular formula is C17H23N3O2. The van der Waals surface area contributed by atoms with Crippen LogP contribution >= 0.6 is 0 Å². The zero-order valence-electron chi connectivity index (χ0n) is 12.8. The van der Waals surface area contributed by atoms with E-state index < -0.39 is 5.54 Å².